The third kappa shape index (κ3) is 37.7. The second-order valence-corrected chi connectivity index (χ2v) is 14.9. The Morgan fingerprint density at radius 1 is 0.468 bits per heavy atom. The molecule has 0 aliphatic carbocycles. The smallest absolute Gasteiger partial charge is 0.462 e. The normalized spacial score (nSPS) is 12.3. The van der Waals surface area contributed by atoms with Gasteiger partial charge >= 0.3 is 19.8 Å². The lowest BCUT2D eigenvalue weighted by atomic mass is 10.0. The second kappa shape index (κ2) is 34.9. The standard InChI is InChI=1S/C38H75O8P/c1-3-5-7-9-10-11-12-13-14-15-16-17-18-19-20-21-22-23-24-25-26-27-29-31-33-38(40)46-36(35-45-47(41,42)43)34-44-37(39)32-30-28-8-6-4-2/h36H,3-35H2,1-2H3,(H2,41,42,43). The average Bonchev–Trinajstić information content (AvgIpc) is 3.03. The van der Waals surface area contributed by atoms with Gasteiger partial charge in [0.1, 0.15) is 6.61 Å². The minimum Gasteiger partial charge on any atom is -0.462 e. The molecule has 47 heavy (non-hydrogen) atoms. The predicted octanol–water partition coefficient (Wildman–Crippen LogP) is 11.7. The fourth-order valence-corrected chi connectivity index (χ4v) is 6.26. The van der Waals surface area contributed by atoms with Gasteiger partial charge in [0, 0.05) is 12.8 Å². The van der Waals surface area contributed by atoms with Crippen LogP contribution in [-0.2, 0) is 28.2 Å². The fourth-order valence-electron chi connectivity index (χ4n) is 5.90. The highest BCUT2D eigenvalue weighted by Crippen LogP contribution is 2.36. The van der Waals surface area contributed by atoms with E-state index < -0.39 is 32.5 Å². The summed E-state index contributed by atoms with van der Waals surface area (Å²) >= 11 is 0. The molecule has 0 saturated heterocycles. The molecule has 8 nitrogen and oxygen atoms in total. The molecule has 2 N–H and O–H groups in total. The largest absolute Gasteiger partial charge is 0.469 e. The lowest BCUT2D eigenvalue weighted by molar-refractivity contribution is -0.161. The van der Waals surface area contributed by atoms with Gasteiger partial charge in [0.25, 0.3) is 0 Å². The molecular weight excluding hydrogens is 615 g/mol. The number of ether oxygens (including phenoxy) is 2. The Labute approximate surface area is 289 Å². The first kappa shape index (κ1) is 46.0. The van der Waals surface area contributed by atoms with Crippen LogP contribution in [0.3, 0.4) is 0 Å². The number of carbonyl (C=O) groups excluding carboxylic acids is 2. The lowest BCUT2D eigenvalue weighted by Crippen LogP contribution is -2.29. The zero-order chi connectivity index (χ0) is 34.7. The summed E-state index contributed by atoms with van der Waals surface area (Å²) in [6.45, 7) is 3.60. The molecule has 1 atom stereocenters. The van der Waals surface area contributed by atoms with Gasteiger partial charge in [0.2, 0.25) is 0 Å². The molecule has 9 heteroatoms. The van der Waals surface area contributed by atoms with Crippen LogP contribution in [0.25, 0.3) is 0 Å². The molecule has 0 fully saturated rings. The first-order chi connectivity index (χ1) is 22.8. The molecule has 0 spiro atoms. The van der Waals surface area contributed by atoms with Gasteiger partial charge in [-0.25, -0.2) is 4.57 Å². The van der Waals surface area contributed by atoms with E-state index >= 15 is 0 Å². The van der Waals surface area contributed by atoms with E-state index in [1.54, 1.807) is 0 Å². The van der Waals surface area contributed by atoms with Crippen LogP contribution in [0.2, 0.25) is 0 Å². The van der Waals surface area contributed by atoms with Gasteiger partial charge < -0.3 is 19.3 Å². The van der Waals surface area contributed by atoms with Gasteiger partial charge in [-0.05, 0) is 12.8 Å². The van der Waals surface area contributed by atoms with E-state index in [1.807, 2.05) is 0 Å². The van der Waals surface area contributed by atoms with Crippen molar-refractivity contribution in [1.82, 2.24) is 0 Å². The molecule has 0 rings (SSSR count). The maximum Gasteiger partial charge on any atom is 0.469 e. The molecule has 0 heterocycles. The van der Waals surface area contributed by atoms with E-state index in [0.717, 1.165) is 44.9 Å². The summed E-state index contributed by atoms with van der Waals surface area (Å²) in [7, 11) is -4.73. The highest BCUT2D eigenvalue weighted by atomic mass is 31.2. The summed E-state index contributed by atoms with van der Waals surface area (Å²) in [5, 5.41) is 0. The van der Waals surface area contributed by atoms with E-state index in [9.17, 15) is 14.2 Å². The molecule has 0 amide bonds. The third-order valence-electron chi connectivity index (χ3n) is 8.88. The molecule has 0 aromatic heterocycles. The van der Waals surface area contributed by atoms with E-state index in [4.69, 9.17) is 19.3 Å². The van der Waals surface area contributed by atoms with Crippen LogP contribution >= 0.6 is 7.82 Å². The van der Waals surface area contributed by atoms with Gasteiger partial charge in [-0.15, -0.1) is 0 Å². The van der Waals surface area contributed by atoms with Gasteiger partial charge in [-0.3, -0.25) is 14.1 Å². The lowest BCUT2D eigenvalue weighted by Gasteiger charge is -2.18. The number of phosphoric acid groups is 1. The van der Waals surface area contributed by atoms with Crippen molar-refractivity contribution in [2.75, 3.05) is 13.2 Å². The first-order valence-electron chi connectivity index (χ1n) is 19.8. The van der Waals surface area contributed by atoms with Crippen molar-refractivity contribution in [1.29, 1.82) is 0 Å². The summed E-state index contributed by atoms with van der Waals surface area (Å²) in [5.74, 6) is -0.887. The Hall–Kier alpha value is -0.950. The van der Waals surface area contributed by atoms with E-state index in [0.29, 0.717) is 6.42 Å². The van der Waals surface area contributed by atoms with Crippen LogP contribution < -0.4 is 0 Å². The van der Waals surface area contributed by atoms with Crippen LogP contribution in [0.4, 0.5) is 0 Å². The number of rotatable bonds is 37. The number of hydrogen-bond acceptors (Lipinski definition) is 6. The van der Waals surface area contributed by atoms with Crippen LogP contribution in [0.5, 0.6) is 0 Å². The molecule has 0 aliphatic heterocycles. The summed E-state index contributed by atoms with van der Waals surface area (Å²) in [6, 6.07) is 0. The van der Waals surface area contributed by atoms with Crippen molar-refractivity contribution in [3.63, 3.8) is 0 Å². The Kier molecular flexibility index (Phi) is 34.2. The van der Waals surface area contributed by atoms with Crippen LogP contribution in [0, 0.1) is 0 Å². The molecule has 0 saturated carbocycles. The number of esters is 2. The molecule has 280 valence electrons. The number of unbranched alkanes of at least 4 members (excludes halogenated alkanes) is 27. The zero-order valence-corrected chi connectivity index (χ0v) is 31.6. The predicted molar refractivity (Wildman–Crippen MR) is 193 cm³/mol. The second-order valence-electron chi connectivity index (χ2n) is 13.6. The van der Waals surface area contributed by atoms with Crippen molar-refractivity contribution >= 4 is 19.8 Å². The molecule has 0 aromatic rings. The van der Waals surface area contributed by atoms with E-state index in [1.165, 1.54) is 135 Å². The highest BCUT2D eigenvalue weighted by molar-refractivity contribution is 7.46. The maximum atomic E-state index is 12.3. The SMILES string of the molecule is CCCCCCCCCCCCCCCCCCCCCCCCCCC(=O)OC(COC(=O)CCCCCCC)COP(=O)(O)O. The first-order valence-corrected chi connectivity index (χ1v) is 21.4. The quantitative estimate of drug-likeness (QED) is 0.0375. The Morgan fingerprint density at radius 2 is 0.766 bits per heavy atom. The van der Waals surface area contributed by atoms with Crippen molar-refractivity contribution in [2.24, 2.45) is 0 Å². The summed E-state index contributed by atoms with van der Waals surface area (Å²) in [5.41, 5.74) is 0. The summed E-state index contributed by atoms with van der Waals surface area (Å²) in [6.07, 6.45) is 36.1. The van der Waals surface area contributed by atoms with Gasteiger partial charge in [0.05, 0.1) is 6.61 Å². The Morgan fingerprint density at radius 3 is 1.09 bits per heavy atom. The van der Waals surface area contributed by atoms with Gasteiger partial charge in [0.15, 0.2) is 6.10 Å². The number of carbonyl (C=O) groups is 2. The monoisotopic (exact) mass is 691 g/mol. The average molecular weight is 691 g/mol. The van der Waals surface area contributed by atoms with Crippen molar-refractivity contribution in [3.8, 4) is 0 Å². The third-order valence-corrected chi connectivity index (χ3v) is 9.36. The highest BCUT2D eigenvalue weighted by Gasteiger charge is 2.22. The molecule has 0 aliphatic rings. The molecule has 1 unspecified atom stereocenters. The number of hydrogen-bond donors (Lipinski definition) is 2. The topological polar surface area (TPSA) is 119 Å². The van der Waals surface area contributed by atoms with Crippen molar-refractivity contribution in [2.45, 2.75) is 219 Å². The Balaban J connectivity index is 3.66. The molecule has 0 bridgehead atoms. The van der Waals surface area contributed by atoms with Gasteiger partial charge in [-0.1, -0.05) is 187 Å². The van der Waals surface area contributed by atoms with Crippen LogP contribution in [0.1, 0.15) is 213 Å². The fraction of sp³-hybridized carbons (Fsp3) is 0.947. The van der Waals surface area contributed by atoms with Crippen LogP contribution in [0.15, 0.2) is 0 Å². The van der Waals surface area contributed by atoms with E-state index in [-0.39, 0.29) is 19.4 Å². The van der Waals surface area contributed by atoms with E-state index in [2.05, 4.69) is 18.4 Å². The Bertz CT molecular complexity index is 741. The number of phosphoric ester groups is 1. The molecule has 0 aromatic carbocycles. The minimum absolute atomic E-state index is 0.219. The summed E-state index contributed by atoms with van der Waals surface area (Å²) in [4.78, 5) is 42.3. The van der Waals surface area contributed by atoms with Crippen LogP contribution in [-0.4, -0.2) is 41.0 Å². The summed E-state index contributed by atoms with van der Waals surface area (Å²) < 4.78 is 26.1. The maximum absolute atomic E-state index is 12.3. The zero-order valence-electron chi connectivity index (χ0n) is 30.7. The van der Waals surface area contributed by atoms with Gasteiger partial charge in [-0.2, -0.15) is 0 Å². The molecular formula is C38H75O8P. The minimum atomic E-state index is -4.73. The van der Waals surface area contributed by atoms with Crippen molar-refractivity contribution < 1.29 is 37.9 Å². The van der Waals surface area contributed by atoms with Crippen molar-refractivity contribution in [3.05, 3.63) is 0 Å². The molecule has 0 radical (unpaired) electrons.